The molecule has 0 radical (unpaired) electrons. The lowest BCUT2D eigenvalue weighted by molar-refractivity contribution is 0.0997. The first-order chi connectivity index (χ1) is 16.5. The Balaban J connectivity index is 1.46. The zero-order valence-electron chi connectivity index (χ0n) is 18.5. The SMILES string of the molecule is COc1ccc(NC(=O)c2ccc(-c3ccccc3)cc2)cc1COc1cncc(C(N)=O)c1. The molecule has 3 aromatic carbocycles. The zero-order chi connectivity index (χ0) is 23.9. The van der Waals surface area contributed by atoms with Gasteiger partial charge in [0.25, 0.3) is 5.91 Å². The zero-order valence-corrected chi connectivity index (χ0v) is 18.5. The van der Waals surface area contributed by atoms with E-state index in [2.05, 4.69) is 10.3 Å². The first-order valence-electron chi connectivity index (χ1n) is 10.5. The molecule has 3 N–H and O–H groups in total. The molecule has 1 heterocycles. The third kappa shape index (κ3) is 5.39. The maximum absolute atomic E-state index is 12.8. The van der Waals surface area contributed by atoms with Gasteiger partial charge in [0.05, 0.1) is 18.9 Å². The van der Waals surface area contributed by atoms with Crippen LogP contribution in [0.1, 0.15) is 26.3 Å². The van der Waals surface area contributed by atoms with Crippen molar-refractivity contribution in [1.29, 1.82) is 0 Å². The van der Waals surface area contributed by atoms with Crippen LogP contribution in [-0.2, 0) is 6.61 Å². The average Bonchev–Trinajstić information content (AvgIpc) is 2.88. The van der Waals surface area contributed by atoms with Crippen LogP contribution in [0, 0.1) is 0 Å². The van der Waals surface area contributed by atoms with Gasteiger partial charge in [-0.15, -0.1) is 0 Å². The molecule has 170 valence electrons. The van der Waals surface area contributed by atoms with Crippen LogP contribution in [0.2, 0.25) is 0 Å². The van der Waals surface area contributed by atoms with Crippen molar-refractivity contribution < 1.29 is 19.1 Å². The van der Waals surface area contributed by atoms with Crippen molar-refractivity contribution in [3.8, 4) is 22.6 Å². The number of hydrogen-bond donors (Lipinski definition) is 2. The summed E-state index contributed by atoms with van der Waals surface area (Å²) in [6, 6.07) is 24.2. The monoisotopic (exact) mass is 453 g/mol. The quantitative estimate of drug-likeness (QED) is 0.403. The minimum absolute atomic E-state index is 0.141. The van der Waals surface area contributed by atoms with Crippen LogP contribution in [0.15, 0.2) is 91.3 Å². The summed E-state index contributed by atoms with van der Waals surface area (Å²) in [5.41, 5.74) is 9.53. The highest BCUT2D eigenvalue weighted by atomic mass is 16.5. The van der Waals surface area contributed by atoms with Crippen LogP contribution in [0.5, 0.6) is 11.5 Å². The van der Waals surface area contributed by atoms with E-state index < -0.39 is 5.91 Å². The molecule has 2 amide bonds. The maximum Gasteiger partial charge on any atom is 0.255 e. The molecule has 0 aliphatic carbocycles. The number of anilines is 1. The van der Waals surface area contributed by atoms with Gasteiger partial charge in [0.2, 0.25) is 5.91 Å². The average molecular weight is 453 g/mol. The molecule has 0 bridgehead atoms. The van der Waals surface area contributed by atoms with Crippen molar-refractivity contribution in [3.05, 3.63) is 108 Å². The number of primary amides is 1. The molecule has 0 saturated heterocycles. The van der Waals surface area contributed by atoms with E-state index in [1.807, 2.05) is 42.5 Å². The first-order valence-corrected chi connectivity index (χ1v) is 10.5. The van der Waals surface area contributed by atoms with Crippen molar-refractivity contribution in [1.82, 2.24) is 4.98 Å². The lowest BCUT2D eigenvalue weighted by atomic mass is 10.0. The van der Waals surface area contributed by atoms with Crippen LogP contribution >= 0.6 is 0 Å². The summed E-state index contributed by atoms with van der Waals surface area (Å²) in [6.45, 7) is 0.141. The van der Waals surface area contributed by atoms with E-state index in [1.54, 1.807) is 37.4 Å². The predicted octanol–water partition coefficient (Wildman–Crippen LogP) is 4.69. The summed E-state index contributed by atoms with van der Waals surface area (Å²) in [5, 5.41) is 2.91. The number of hydrogen-bond acceptors (Lipinski definition) is 5. The summed E-state index contributed by atoms with van der Waals surface area (Å²) < 4.78 is 11.2. The van der Waals surface area contributed by atoms with Crippen LogP contribution in [-0.4, -0.2) is 23.9 Å². The van der Waals surface area contributed by atoms with Gasteiger partial charge in [-0.3, -0.25) is 14.6 Å². The van der Waals surface area contributed by atoms with E-state index >= 15 is 0 Å². The highest BCUT2D eigenvalue weighted by Crippen LogP contribution is 2.25. The number of rotatable bonds is 8. The molecule has 34 heavy (non-hydrogen) atoms. The Morgan fingerprint density at radius 3 is 2.32 bits per heavy atom. The molecule has 7 nitrogen and oxygen atoms in total. The third-order valence-corrected chi connectivity index (χ3v) is 5.18. The van der Waals surface area contributed by atoms with Crippen molar-refractivity contribution in [2.45, 2.75) is 6.61 Å². The van der Waals surface area contributed by atoms with Crippen LogP contribution in [0.3, 0.4) is 0 Å². The number of ether oxygens (including phenoxy) is 2. The van der Waals surface area contributed by atoms with Gasteiger partial charge in [-0.2, -0.15) is 0 Å². The van der Waals surface area contributed by atoms with Gasteiger partial charge in [-0.1, -0.05) is 42.5 Å². The van der Waals surface area contributed by atoms with E-state index in [1.165, 1.54) is 18.5 Å². The number of nitrogens with zero attached hydrogens (tertiary/aromatic N) is 1. The topological polar surface area (TPSA) is 104 Å². The number of aromatic nitrogens is 1. The fourth-order valence-corrected chi connectivity index (χ4v) is 3.41. The van der Waals surface area contributed by atoms with Crippen LogP contribution < -0.4 is 20.5 Å². The summed E-state index contributed by atoms with van der Waals surface area (Å²) >= 11 is 0. The molecule has 4 aromatic rings. The minimum atomic E-state index is -0.586. The lowest BCUT2D eigenvalue weighted by Crippen LogP contribution is -2.12. The van der Waals surface area contributed by atoms with Gasteiger partial charge in [-0.25, -0.2) is 0 Å². The Morgan fingerprint density at radius 2 is 1.62 bits per heavy atom. The van der Waals surface area contributed by atoms with E-state index in [0.717, 1.165) is 11.1 Å². The molecule has 0 fully saturated rings. The summed E-state index contributed by atoms with van der Waals surface area (Å²) in [7, 11) is 1.56. The highest BCUT2D eigenvalue weighted by molar-refractivity contribution is 6.04. The molecule has 0 aliphatic rings. The predicted molar refractivity (Wildman–Crippen MR) is 130 cm³/mol. The minimum Gasteiger partial charge on any atom is -0.496 e. The van der Waals surface area contributed by atoms with Gasteiger partial charge in [-0.05, 0) is 47.5 Å². The van der Waals surface area contributed by atoms with Gasteiger partial charge >= 0.3 is 0 Å². The van der Waals surface area contributed by atoms with Gasteiger partial charge in [0, 0.05) is 23.0 Å². The van der Waals surface area contributed by atoms with E-state index in [0.29, 0.717) is 28.3 Å². The standard InChI is InChI=1S/C27H23N3O4/c1-33-25-12-11-23(13-22(25)17-34-24-14-21(26(28)31)15-29-16-24)30-27(32)20-9-7-19(8-10-20)18-5-3-2-4-6-18/h2-16H,17H2,1H3,(H2,28,31)(H,30,32). The van der Waals surface area contributed by atoms with E-state index in [9.17, 15) is 9.59 Å². The number of methoxy groups -OCH3 is 1. The van der Waals surface area contributed by atoms with Crippen molar-refractivity contribution in [3.63, 3.8) is 0 Å². The van der Waals surface area contributed by atoms with Crippen LogP contribution in [0.25, 0.3) is 11.1 Å². The van der Waals surface area contributed by atoms with Gasteiger partial charge < -0.3 is 20.5 Å². The molecule has 4 rings (SSSR count). The summed E-state index contributed by atoms with van der Waals surface area (Å²) in [4.78, 5) is 28.1. The number of pyridine rings is 1. The number of nitrogens with two attached hydrogens (primary N) is 1. The van der Waals surface area contributed by atoms with Crippen LogP contribution in [0.4, 0.5) is 5.69 Å². The molecule has 0 aliphatic heterocycles. The molecule has 0 unspecified atom stereocenters. The summed E-state index contributed by atoms with van der Waals surface area (Å²) in [6.07, 6.45) is 2.86. The number of nitrogens with one attached hydrogen (secondary N) is 1. The Bertz CT molecular complexity index is 1310. The van der Waals surface area contributed by atoms with Crippen molar-refractivity contribution in [2.75, 3.05) is 12.4 Å². The molecule has 0 spiro atoms. The Morgan fingerprint density at radius 1 is 0.882 bits per heavy atom. The molecule has 0 atom stereocenters. The number of carbonyl (C=O) groups excluding carboxylic acids is 2. The third-order valence-electron chi connectivity index (χ3n) is 5.18. The molecule has 0 saturated carbocycles. The second-order valence-electron chi connectivity index (χ2n) is 7.49. The van der Waals surface area contributed by atoms with Crippen molar-refractivity contribution in [2.24, 2.45) is 5.73 Å². The molecular formula is C27H23N3O4. The number of carbonyl (C=O) groups is 2. The first kappa shape index (κ1) is 22.5. The second-order valence-corrected chi connectivity index (χ2v) is 7.49. The second kappa shape index (κ2) is 10.3. The lowest BCUT2D eigenvalue weighted by Gasteiger charge is -2.13. The fraction of sp³-hybridized carbons (Fsp3) is 0.0741. The molecule has 7 heteroatoms. The number of amides is 2. The molecule has 1 aromatic heterocycles. The molecular weight excluding hydrogens is 430 g/mol. The van der Waals surface area contributed by atoms with E-state index in [4.69, 9.17) is 15.2 Å². The Hall–Kier alpha value is -4.65. The number of benzene rings is 3. The van der Waals surface area contributed by atoms with Crippen molar-refractivity contribution >= 4 is 17.5 Å². The van der Waals surface area contributed by atoms with Gasteiger partial charge in [0.1, 0.15) is 18.1 Å². The fourth-order valence-electron chi connectivity index (χ4n) is 3.41. The Labute approximate surface area is 197 Å². The largest absolute Gasteiger partial charge is 0.496 e. The maximum atomic E-state index is 12.8. The Kier molecular flexibility index (Phi) is 6.84. The van der Waals surface area contributed by atoms with E-state index in [-0.39, 0.29) is 18.1 Å². The smallest absolute Gasteiger partial charge is 0.255 e. The normalized spacial score (nSPS) is 10.4. The summed E-state index contributed by atoms with van der Waals surface area (Å²) in [5.74, 6) is 0.183. The van der Waals surface area contributed by atoms with Gasteiger partial charge in [0.15, 0.2) is 0 Å². The highest BCUT2D eigenvalue weighted by Gasteiger charge is 2.11.